The Kier molecular flexibility index (Phi) is 5.67. The van der Waals surface area contributed by atoms with Crippen LogP contribution in [0.3, 0.4) is 0 Å². The molecule has 1 aliphatic carbocycles. The highest BCUT2D eigenvalue weighted by molar-refractivity contribution is 9.10. The fourth-order valence-electron chi connectivity index (χ4n) is 1.88. The van der Waals surface area contributed by atoms with Gasteiger partial charge in [-0.15, -0.1) is 0 Å². The Morgan fingerprint density at radius 2 is 2.06 bits per heavy atom. The van der Waals surface area contributed by atoms with Crippen LogP contribution >= 0.6 is 15.9 Å². The molecule has 1 aliphatic rings. The average Bonchev–Trinajstić information content (AvgIpc) is 3.19. The molecule has 0 heterocycles. The minimum absolute atomic E-state index is 0.185. The number of halogens is 1. The van der Waals surface area contributed by atoms with Gasteiger partial charge in [-0.25, -0.2) is 0 Å². The summed E-state index contributed by atoms with van der Waals surface area (Å²) in [6.07, 6.45) is 5.15. The van der Waals surface area contributed by atoms with E-state index in [0.717, 1.165) is 30.1 Å². The van der Waals surface area contributed by atoms with Gasteiger partial charge in [0.15, 0.2) is 0 Å². The van der Waals surface area contributed by atoms with E-state index in [2.05, 4.69) is 52.4 Å². The molecule has 1 saturated carbocycles. The van der Waals surface area contributed by atoms with Crippen LogP contribution in [0.4, 0.5) is 0 Å². The van der Waals surface area contributed by atoms with Gasteiger partial charge in [0.2, 0.25) is 0 Å². The molecule has 0 saturated heterocycles. The van der Waals surface area contributed by atoms with Crippen LogP contribution in [0.2, 0.25) is 0 Å². The summed E-state index contributed by atoms with van der Waals surface area (Å²) in [6.45, 7) is 3.97. The molecule has 1 aromatic rings. The Bertz CT molecular complexity index is 348. The molecule has 0 spiro atoms. The number of unbranched alkanes of at least 4 members (excludes halogenated alkanes) is 1. The van der Waals surface area contributed by atoms with Crippen molar-refractivity contribution in [2.24, 2.45) is 0 Å². The second kappa shape index (κ2) is 7.27. The second-order valence-electron chi connectivity index (χ2n) is 4.95. The summed E-state index contributed by atoms with van der Waals surface area (Å²) >= 11 is 3.47. The van der Waals surface area contributed by atoms with E-state index in [-0.39, 0.29) is 6.10 Å². The molecule has 0 bridgehead atoms. The minimum atomic E-state index is 0.185. The summed E-state index contributed by atoms with van der Waals surface area (Å²) in [5.41, 5.74) is 1.27. The first-order valence-electron chi connectivity index (χ1n) is 6.90. The van der Waals surface area contributed by atoms with Gasteiger partial charge in [-0.3, -0.25) is 0 Å². The van der Waals surface area contributed by atoms with Gasteiger partial charge >= 0.3 is 0 Å². The zero-order chi connectivity index (χ0) is 12.8. The van der Waals surface area contributed by atoms with Crippen LogP contribution in [0.15, 0.2) is 28.7 Å². The smallest absolute Gasteiger partial charge is 0.0949 e. The van der Waals surface area contributed by atoms with Crippen LogP contribution in [-0.2, 0) is 4.74 Å². The van der Waals surface area contributed by atoms with Gasteiger partial charge in [0.05, 0.1) is 6.10 Å². The molecule has 1 aromatic carbocycles. The molecule has 100 valence electrons. The van der Waals surface area contributed by atoms with Gasteiger partial charge in [0, 0.05) is 23.7 Å². The number of hydrogen-bond acceptors (Lipinski definition) is 2. The van der Waals surface area contributed by atoms with Gasteiger partial charge < -0.3 is 10.1 Å². The van der Waals surface area contributed by atoms with Crippen molar-refractivity contribution in [3.63, 3.8) is 0 Å². The Hall–Kier alpha value is -0.380. The summed E-state index contributed by atoms with van der Waals surface area (Å²) in [4.78, 5) is 0. The van der Waals surface area contributed by atoms with Crippen LogP contribution in [0.1, 0.15) is 44.3 Å². The first-order valence-corrected chi connectivity index (χ1v) is 7.69. The second-order valence-corrected chi connectivity index (χ2v) is 5.86. The Morgan fingerprint density at radius 1 is 1.33 bits per heavy atom. The summed E-state index contributed by atoms with van der Waals surface area (Å²) < 4.78 is 7.13. The van der Waals surface area contributed by atoms with E-state index >= 15 is 0 Å². The molecule has 1 unspecified atom stereocenters. The summed E-state index contributed by atoms with van der Waals surface area (Å²) in [5.74, 6) is 0. The van der Waals surface area contributed by atoms with Crippen molar-refractivity contribution in [2.45, 2.75) is 44.8 Å². The number of nitrogens with one attached hydrogen (secondary N) is 1. The van der Waals surface area contributed by atoms with Gasteiger partial charge in [-0.1, -0.05) is 41.4 Å². The molecule has 1 N–H and O–H groups in total. The normalized spacial score (nSPS) is 16.8. The van der Waals surface area contributed by atoms with Crippen molar-refractivity contribution in [3.8, 4) is 0 Å². The number of ether oxygens (including phenoxy) is 1. The van der Waals surface area contributed by atoms with Gasteiger partial charge in [0.25, 0.3) is 0 Å². The molecule has 2 rings (SSSR count). The highest BCUT2D eigenvalue weighted by atomic mass is 79.9. The Labute approximate surface area is 118 Å². The molecule has 0 amide bonds. The van der Waals surface area contributed by atoms with E-state index in [1.807, 2.05) is 0 Å². The van der Waals surface area contributed by atoms with E-state index in [4.69, 9.17) is 4.74 Å². The summed E-state index contributed by atoms with van der Waals surface area (Å²) in [7, 11) is 0. The van der Waals surface area contributed by atoms with Crippen LogP contribution < -0.4 is 5.32 Å². The maximum absolute atomic E-state index is 6.01. The first kappa shape index (κ1) is 14.0. The SMILES string of the molecule is CCCCOC(CNC1CC1)c1ccc(Br)cc1. The van der Waals surface area contributed by atoms with Gasteiger partial charge in [-0.05, 0) is 37.0 Å². The predicted octanol–water partition coefficient (Wildman–Crippen LogP) is 4.06. The lowest BCUT2D eigenvalue weighted by molar-refractivity contribution is 0.0504. The van der Waals surface area contributed by atoms with Crippen molar-refractivity contribution in [3.05, 3.63) is 34.3 Å². The Morgan fingerprint density at radius 3 is 2.67 bits per heavy atom. The lowest BCUT2D eigenvalue weighted by Gasteiger charge is -2.19. The monoisotopic (exact) mass is 311 g/mol. The van der Waals surface area contributed by atoms with E-state index < -0.39 is 0 Å². The van der Waals surface area contributed by atoms with Gasteiger partial charge in [0.1, 0.15) is 0 Å². The van der Waals surface area contributed by atoms with Gasteiger partial charge in [-0.2, -0.15) is 0 Å². The number of benzene rings is 1. The van der Waals surface area contributed by atoms with Crippen LogP contribution in [-0.4, -0.2) is 19.2 Å². The molecule has 0 radical (unpaired) electrons. The van der Waals surface area contributed by atoms with Crippen LogP contribution in [0.5, 0.6) is 0 Å². The third kappa shape index (κ3) is 4.71. The maximum Gasteiger partial charge on any atom is 0.0949 e. The standard InChI is InChI=1S/C15H22BrNO/c1-2-3-10-18-15(11-17-14-8-9-14)12-4-6-13(16)7-5-12/h4-7,14-15,17H,2-3,8-11H2,1H3. The number of hydrogen-bond donors (Lipinski definition) is 1. The van der Waals surface area contributed by atoms with E-state index in [9.17, 15) is 0 Å². The molecule has 2 nitrogen and oxygen atoms in total. The maximum atomic E-state index is 6.01. The zero-order valence-corrected chi connectivity index (χ0v) is 12.6. The fourth-order valence-corrected chi connectivity index (χ4v) is 2.15. The van der Waals surface area contributed by atoms with E-state index in [0.29, 0.717) is 0 Å². The van der Waals surface area contributed by atoms with E-state index in [1.54, 1.807) is 0 Å². The molecule has 0 aromatic heterocycles. The van der Waals surface area contributed by atoms with Crippen molar-refractivity contribution < 1.29 is 4.74 Å². The van der Waals surface area contributed by atoms with Crippen molar-refractivity contribution in [1.82, 2.24) is 5.32 Å². The molecule has 0 aliphatic heterocycles. The lowest BCUT2D eigenvalue weighted by Crippen LogP contribution is -2.25. The van der Waals surface area contributed by atoms with Crippen molar-refractivity contribution in [1.29, 1.82) is 0 Å². The summed E-state index contributed by atoms with van der Waals surface area (Å²) in [5, 5.41) is 3.56. The van der Waals surface area contributed by atoms with Crippen LogP contribution in [0, 0.1) is 0 Å². The third-order valence-corrected chi connectivity index (χ3v) is 3.76. The molecule has 1 atom stereocenters. The molecular weight excluding hydrogens is 290 g/mol. The molecule has 18 heavy (non-hydrogen) atoms. The average molecular weight is 312 g/mol. The number of rotatable bonds is 8. The molecule has 1 fully saturated rings. The van der Waals surface area contributed by atoms with Crippen LogP contribution in [0.25, 0.3) is 0 Å². The molecule has 3 heteroatoms. The quantitative estimate of drug-likeness (QED) is 0.731. The Balaban J connectivity index is 1.90. The van der Waals surface area contributed by atoms with Crippen molar-refractivity contribution in [2.75, 3.05) is 13.2 Å². The highest BCUT2D eigenvalue weighted by Crippen LogP contribution is 2.23. The predicted molar refractivity (Wildman–Crippen MR) is 78.8 cm³/mol. The molecular formula is C15H22BrNO. The highest BCUT2D eigenvalue weighted by Gasteiger charge is 2.22. The lowest BCUT2D eigenvalue weighted by atomic mass is 10.1. The summed E-state index contributed by atoms with van der Waals surface area (Å²) in [6, 6.07) is 9.20. The largest absolute Gasteiger partial charge is 0.372 e. The fraction of sp³-hybridized carbons (Fsp3) is 0.600. The first-order chi connectivity index (χ1) is 8.79. The minimum Gasteiger partial charge on any atom is -0.372 e. The zero-order valence-electron chi connectivity index (χ0n) is 11.0. The topological polar surface area (TPSA) is 21.3 Å². The third-order valence-electron chi connectivity index (χ3n) is 3.23. The van der Waals surface area contributed by atoms with E-state index in [1.165, 1.54) is 24.8 Å². The van der Waals surface area contributed by atoms with Crippen molar-refractivity contribution >= 4 is 15.9 Å².